The van der Waals surface area contributed by atoms with Crippen molar-refractivity contribution in [2.24, 2.45) is 0 Å². The number of rotatable bonds is 4. The zero-order valence-electron chi connectivity index (χ0n) is 11.8. The molecule has 4 nitrogen and oxygen atoms in total. The van der Waals surface area contributed by atoms with E-state index in [-0.39, 0.29) is 5.91 Å². The molecule has 0 aliphatic carbocycles. The molecule has 1 aromatic rings. The Morgan fingerprint density at radius 3 is 2.74 bits per heavy atom. The molecule has 1 heterocycles. The first-order valence-electron chi connectivity index (χ1n) is 6.86. The van der Waals surface area contributed by atoms with Crippen LogP contribution in [-0.4, -0.2) is 55.0 Å². The molecular weight excluding hydrogens is 238 g/mol. The van der Waals surface area contributed by atoms with E-state index in [0.717, 1.165) is 32.7 Å². The van der Waals surface area contributed by atoms with E-state index < -0.39 is 0 Å². The number of hydrogen-bond acceptors (Lipinski definition) is 3. The summed E-state index contributed by atoms with van der Waals surface area (Å²) in [5.41, 5.74) is 1.35. The smallest absolute Gasteiger partial charge is 0.216 e. The molecule has 104 valence electrons. The van der Waals surface area contributed by atoms with Crippen LogP contribution in [0.3, 0.4) is 0 Å². The van der Waals surface area contributed by atoms with Gasteiger partial charge in [-0.05, 0) is 12.6 Å². The maximum Gasteiger partial charge on any atom is 0.216 e. The van der Waals surface area contributed by atoms with E-state index in [9.17, 15) is 4.79 Å². The molecule has 1 atom stereocenters. The van der Waals surface area contributed by atoms with Crippen molar-refractivity contribution in [2.75, 3.05) is 33.2 Å². The number of carbonyl (C=O) groups excluding carboxylic acids is 1. The van der Waals surface area contributed by atoms with Crippen molar-refractivity contribution in [1.29, 1.82) is 0 Å². The van der Waals surface area contributed by atoms with Gasteiger partial charge in [0.15, 0.2) is 0 Å². The fourth-order valence-corrected chi connectivity index (χ4v) is 2.48. The van der Waals surface area contributed by atoms with E-state index in [4.69, 9.17) is 0 Å². The van der Waals surface area contributed by atoms with Crippen LogP contribution in [0.2, 0.25) is 0 Å². The fourth-order valence-electron chi connectivity index (χ4n) is 2.48. The van der Waals surface area contributed by atoms with Crippen LogP contribution in [0, 0.1) is 0 Å². The summed E-state index contributed by atoms with van der Waals surface area (Å²) in [6, 6.07) is 11.0. The number of hydrogen-bond donors (Lipinski definition) is 1. The third kappa shape index (κ3) is 4.33. The Hall–Kier alpha value is -1.39. The lowest BCUT2D eigenvalue weighted by Crippen LogP contribution is -2.55. The van der Waals surface area contributed by atoms with Gasteiger partial charge in [-0.25, -0.2) is 0 Å². The third-order valence-corrected chi connectivity index (χ3v) is 3.70. The first kappa shape index (κ1) is 14.0. The van der Waals surface area contributed by atoms with Crippen molar-refractivity contribution >= 4 is 5.91 Å². The minimum atomic E-state index is 0.0496. The largest absolute Gasteiger partial charge is 0.355 e. The lowest BCUT2D eigenvalue weighted by Gasteiger charge is -2.39. The maximum atomic E-state index is 11.0. The molecule has 4 heteroatoms. The summed E-state index contributed by atoms with van der Waals surface area (Å²) in [6.07, 6.45) is 0. The molecule has 2 rings (SSSR count). The summed E-state index contributed by atoms with van der Waals surface area (Å²) in [5, 5.41) is 2.92. The molecule has 1 fully saturated rings. The minimum Gasteiger partial charge on any atom is -0.355 e. The van der Waals surface area contributed by atoms with Gasteiger partial charge in [-0.3, -0.25) is 14.6 Å². The van der Waals surface area contributed by atoms with E-state index in [2.05, 4.69) is 46.4 Å². The number of nitrogens with zero attached hydrogens (tertiary/aromatic N) is 2. The molecule has 1 N–H and O–H groups in total. The average molecular weight is 261 g/mol. The molecule has 0 spiro atoms. The third-order valence-electron chi connectivity index (χ3n) is 3.70. The molecule has 0 radical (unpaired) electrons. The highest BCUT2D eigenvalue weighted by Crippen LogP contribution is 2.11. The molecule has 1 saturated heterocycles. The predicted octanol–water partition coefficient (Wildman–Crippen LogP) is 0.939. The van der Waals surface area contributed by atoms with Gasteiger partial charge < -0.3 is 5.32 Å². The van der Waals surface area contributed by atoms with Crippen LogP contribution in [0.15, 0.2) is 30.3 Å². The highest BCUT2D eigenvalue weighted by molar-refractivity contribution is 5.72. The molecule has 1 aromatic carbocycles. The van der Waals surface area contributed by atoms with Gasteiger partial charge in [-0.15, -0.1) is 0 Å². The van der Waals surface area contributed by atoms with Crippen molar-refractivity contribution < 1.29 is 4.79 Å². The Morgan fingerprint density at radius 1 is 1.32 bits per heavy atom. The molecular formula is C15H23N3O. The van der Waals surface area contributed by atoms with E-state index in [1.54, 1.807) is 6.92 Å². The van der Waals surface area contributed by atoms with Gasteiger partial charge in [0, 0.05) is 45.7 Å². The van der Waals surface area contributed by atoms with Gasteiger partial charge >= 0.3 is 0 Å². The highest BCUT2D eigenvalue weighted by Gasteiger charge is 2.24. The summed E-state index contributed by atoms with van der Waals surface area (Å²) < 4.78 is 0. The number of nitrogens with one attached hydrogen (secondary N) is 1. The fraction of sp³-hybridized carbons (Fsp3) is 0.533. The van der Waals surface area contributed by atoms with Gasteiger partial charge in [0.2, 0.25) is 5.91 Å². The average Bonchev–Trinajstić information content (AvgIpc) is 2.40. The standard InChI is InChI=1S/C15H23N3O/c1-13(19)16-10-15-12-18(9-8-17(15)2)11-14-6-4-3-5-7-14/h3-7,15H,8-12H2,1-2H3,(H,16,19). The first-order chi connectivity index (χ1) is 9.15. The van der Waals surface area contributed by atoms with Crippen molar-refractivity contribution in [3.8, 4) is 0 Å². The number of piperazine rings is 1. The minimum absolute atomic E-state index is 0.0496. The van der Waals surface area contributed by atoms with Crippen LogP contribution in [0.1, 0.15) is 12.5 Å². The quantitative estimate of drug-likeness (QED) is 0.876. The van der Waals surface area contributed by atoms with Gasteiger partial charge in [0.25, 0.3) is 0 Å². The van der Waals surface area contributed by atoms with Gasteiger partial charge in [0.1, 0.15) is 0 Å². The Balaban J connectivity index is 1.88. The molecule has 1 aliphatic rings. The first-order valence-corrected chi connectivity index (χ1v) is 6.86. The lowest BCUT2D eigenvalue weighted by atomic mass is 10.1. The van der Waals surface area contributed by atoms with Crippen molar-refractivity contribution in [2.45, 2.75) is 19.5 Å². The van der Waals surface area contributed by atoms with E-state index in [1.165, 1.54) is 5.56 Å². The summed E-state index contributed by atoms with van der Waals surface area (Å²) in [4.78, 5) is 15.8. The summed E-state index contributed by atoms with van der Waals surface area (Å²) >= 11 is 0. The molecule has 1 amide bonds. The molecule has 19 heavy (non-hydrogen) atoms. The second-order valence-corrected chi connectivity index (χ2v) is 5.29. The SMILES string of the molecule is CC(=O)NCC1CN(Cc2ccccc2)CCN1C. The number of amides is 1. The van der Waals surface area contributed by atoms with Gasteiger partial charge in [-0.2, -0.15) is 0 Å². The maximum absolute atomic E-state index is 11.0. The lowest BCUT2D eigenvalue weighted by molar-refractivity contribution is -0.119. The van der Waals surface area contributed by atoms with E-state index >= 15 is 0 Å². The monoisotopic (exact) mass is 261 g/mol. The van der Waals surface area contributed by atoms with Gasteiger partial charge in [-0.1, -0.05) is 30.3 Å². The molecule has 1 aliphatic heterocycles. The second-order valence-electron chi connectivity index (χ2n) is 5.29. The summed E-state index contributed by atoms with van der Waals surface area (Å²) in [6.45, 7) is 6.44. The van der Waals surface area contributed by atoms with Crippen LogP contribution < -0.4 is 5.32 Å². The van der Waals surface area contributed by atoms with E-state index in [1.807, 2.05) is 6.07 Å². The Morgan fingerprint density at radius 2 is 2.05 bits per heavy atom. The van der Waals surface area contributed by atoms with Crippen molar-refractivity contribution in [3.05, 3.63) is 35.9 Å². The topological polar surface area (TPSA) is 35.6 Å². The number of likely N-dealkylation sites (N-methyl/N-ethyl adjacent to an activating group) is 1. The Labute approximate surface area is 115 Å². The number of benzene rings is 1. The Bertz CT molecular complexity index is 407. The molecule has 0 bridgehead atoms. The summed E-state index contributed by atoms with van der Waals surface area (Å²) in [7, 11) is 2.13. The van der Waals surface area contributed by atoms with Crippen LogP contribution in [0.5, 0.6) is 0 Å². The second kappa shape index (κ2) is 6.68. The molecule has 1 unspecified atom stereocenters. The normalized spacial score (nSPS) is 21.3. The summed E-state index contributed by atoms with van der Waals surface area (Å²) in [5.74, 6) is 0.0496. The number of carbonyl (C=O) groups is 1. The zero-order chi connectivity index (χ0) is 13.7. The van der Waals surface area contributed by atoms with Crippen LogP contribution in [-0.2, 0) is 11.3 Å². The van der Waals surface area contributed by atoms with Crippen LogP contribution >= 0.6 is 0 Å². The van der Waals surface area contributed by atoms with Crippen molar-refractivity contribution in [3.63, 3.8) is 0 Å². The van der Waals surface area contributed by atoms with Gasteiger partial charge in [0.05, 0.1) is 0 Å². The van der Waals surface area contributed by atoms with Crippen molar-refractivity contribution in [1.82, 2.24) is 15.1 Å². The molecule has 0 saturated carbocycles. The van der Waals surface area contributed by atoms with Crippen LogP contribution in [0.25, 0.3) is 0 Å². The molecule has 0 aromatic heterocycles. The van der Waals surface area contributed by atoms with E-state index in [0.29, 0.717) is 6.04 Å². The van der Waals surface area contributed by atoms with Crippen LogP contribution in [0.4, 0.5) is 0 Å². The predicted molar refractivity (Wildman–Crippen MR) is 76.8 cm³/mol. The Kier molecular flexibility index (Phi) is 4.93. The zero-order valence-corrected chi connectivity index (χ0v) is 11.8. The highest BCUT2D eigenvalue weighted by atomic mass is 16.1.